The number of ether oxygens (including phenoxy) is 1. The predicted octanol–water partition coefficient (Wildman–Crippen LogP) is 2.92. The first kappa shape index (κ1) is 24.4. The predicted molar refractivity (Wildman–Crippen MR) is 108 cm³/mol. The summed E-state index contributed by atoms with van der Waals surface area (Å²) >= 11 is 0. The second-order valence-electron chi connectivity index (χ2n) is 7.40. The van der Waals surface area contributed by atoms with Crippen molar-refractivity contribution in [2.75, 3.05) is 32.8 Å². The molecule has 0 aromatic heterocycles. The van der Waals surface area contributed by atoms with Crippen LogP contribution >= 0.6 is 12.4 Å². The quantitative estimate of drug-likeness (QED) is 0.677. The number of imide groups is 1. The van der Waals surface area contributed by atoms with Crippen molar-refractivity contribution in [1.29, 1.82) is 0 Å². The van der Waals surface area contributed by atoms with Crippen molar-refractivity contribution in [3.05, 3.63) is 29.8 Å². The molecule has 0 bridgehead atoms. The molecule has 0 spiro atoms. The highest BCUT2D eigenvalue weighted by Crippen LogP contribution is 2.35. The molecule has 2 fully saturated rings. The van der Waals surface area contributed by atoms with E-state index in [4.69, 9.17) is 4.74 Å². The summed E-state index contributed by atoms with van der Waals surface area (Å²) in [6, 6.07) is 6.09. The van der Waals surface area contributed by atoms with Crippen LogP contribution < -0.4 is 10.1 Å². The lowest BCUT2D eigenvalue weighted by molar-refractivity contribution is -0.154. The number of rotatable bonds is 6. The van der Waals surface area contributed by atoms with Crippen molar-refractivity contribution in [3.8, 4) is 5.75 Å². The van der Waals surface area contributed by atoms with E-state index < -0.39 is 12.8 Å². The Bertz CT molecular complexity index is 729. The van der Waals surface area contributed by atoms with Crippen LogP contribution in [-0.4, -0.2) is 66.6 Å². The number of carbonyl (C=O) groups is 2. The number of hydrogen-bond acceptors (Lipinski definition) is 5. The highest BCUT2D eigenvalue weighted by atomic mass is 35.5. The van der Waals surface area contributed by atoms with Crippen LogP contribution in [0.5, 0.6) is 5.75 Å². The van der Waals surface area contributed by atoms with Gasteiger partial charge in [-0.2, -0.15) is 13.2 Å². The highest BCUT2D eigenvalue weighted by molar-refractivity contribution is 5.98. The summed E-state index contributed by atoms with van der Waals surface area (Å²) in [6.07, 6.45) is -3.26. The number of likely N-dealkylation sites (tertiary alicyclic amines) is 1. The monoisotopic (exact) mass is 449 g/mol. The van der Waals surface area contributed by atoms with E-state index >= 15 is 0 Å². The van der Waals surface area contributed by atoms with Crippen LogP contribution in [0.4, 0.5) is 13.2 Å². The molecule has 30 heavy (non-hydrogen) atoms. The molecule has 2 aliphatic rings. The summed E-state index contributed by atoms with van der Waals surface area (Å²) < 4.78 is 43.0. The van der Waals surface area contributed by atoms with E-state index in [1.807, 2.05) is 6.92 Å². The Hall–Kier alpha value is -1.84. The van der Waals surface area contributed by atoms with Crippen molar-refractivity contribution >= 4 is 24.2 Å². The first-order valence-electron chi connectivity index (χ1n) is 9.88. The number of piperazine rings is 1. The van der Waals surface area contributed by atoms with Crippen LogP contribution in [0.15, 0.2) is 24.3 Å². The van der Waals surface area contributed by atoms with Crippen molar-refractivity contribution in [3.63, 3.8) is 0 Å². The molecule has 1 aromatic carbocycles. The number of carbonyl (C=O) groups excluding carboxylic acids is 2. The molecular formula is C20H27ClF3N3O3. The summed E-state index contributed by atoms with van der Waals surface area (Å²) in [5.74, 6) is -0.205. The molecule has 10 heteroatoms. The molecule has 0 radical (unpaired) electrons. The molecule has 0 saturated carbocycles. The standard InChI is InChI=1S/C20H26F3N3O3.ClH/c1-2-8-26-18(27)10-14(11-19(26)28)25-9-7-24-12-16(25)15-5-3-4-6-17(15)29-13-20(21,22)23;/h3-6,14,16,24H,2,7-13H2,1H3;1H. The second-order valence-corrected chi connectivity index (χ2v) is 7.40. The number of nitrogens with one attached hydrogen (secondary N) is 1. The van der Waals surface area contributed by atoms with Crippen LogP contribution in [0.25, 0.3) is 0 Å². The van der Waals surface area contributed by atoms with E-state index in [0.717, 1.165) is 0 Å². The Morgan fingerprint density at radius 1 is 1.17 bits per heavy atom. The third kappa shape index (κ3) is 5.86. The number of piperidine rings is 1. The van der Waals surface area contributed by atoms with Gasteiger partial charge in [0.25, 0.3) is 0 Å². The molecular weight excluding hydrogens is 423 g/mol. The fourth-order valence-electron chi connectivity index (χ4n) is 4.03. The molecule has 2 amide bonds. The number of amides is 2. The van der Waals surface area contributed by atoms with Crippen molar-refractivity contribution < 1.29 is 27.5 Å². The van der Waals surface area contributed by atoms with Gasteiger partial charge in [-0.3, -0.25) is 19.4 Å². The molecule has 2 heterocycles. The number of alkyl halides is 3. The molecule has 168 valence electrons. The Morgan fingerprint density at radius 3 is 2.47 bits per heavy atom. The fourth-order valence-corrected chi connectivity index (χ4v) is 4.03. The first-order chi connectivity index (χ1) is 13.8. The lowest BCUT2D eigenvalue weighted by atomic mass is 9.95. The second kappa shape index (κ2) is 10.5. The molecule has 1 unspecified atom stereocenters. The van der Waals surface area contributed by atoms with Gasteiger partial charge >= 0.3 is 6.18 Å². The van der Waals surface area contributed by atoms with Crippen LogP contribution in [0.2, 0.25) is 0 Å². The van der Waals surface area contributed by atoms with Gasteiger partial charge in [0.1, 0.15) is 5.75 Å². The molecule has 0 aliphatic carbocycles. The van der Waals surface area contributed by atoms with Crippen LogP contribution in [0, 0.1) is 0 Å². The molecule has 6 nitrogen and oxygen atoms in total. The minimum Gasteiger partial charge on any atom is -0.484 e. The summed E-state index contributed by atoms with van der Waals surface area (Å²) in [6.45, 7) is 2.75. The first-order valence-corrected chi connectivity index (χ1v) is 9.88. The Kier molecular flexibility index (Phi) is 8.52. The summed E-state index contributed by atoms with van der Waals surface area (Å²) in [5.41, 5.74) is 0.625. The topological polar surface area (TPSA) is 61.9 Å². The van der Waals surface area contributed by atoms with Crippen molar-refractivity contribution in [2.24, 2.45) is 0 Å². The van der Waals surface area contributed by atoms with Crippen LogP contribution in [0.3, 0.4) is 0 Å². The van der Waals surface area contributed by atoms with E-state index in [9.17, 15) is 22.8 Å². The Labute approximate surface area is 180 Å². The molecule has 1 aromatic rings. The molecule has 1 atom stereocenters. The molecule has 2 saturated heterocycles. The zero-order valence-electron chi connectivity index (χ0n) is 16.8. The third-order valence-electron chi connectivity index (χ3n) is 5.29. The number of hydrogen-bond donors (Lipinski definition) is 1. The average Bonchev–Trinajstić information content (AvgIpc) is 2.69. The van der Waals surface area contributed by atoms with Crippen LogP contribution in [-0.2, 0) is 9.59 Å². The van der Waals surface area contributed by atoms with Gasteiger partial charge in [0.2, 0.25) is 11.8 Å². The molecule has 2 aliphatic heterocycles. The third-order valence-corrected chi connectivity index (χ3v) is 5.29. The lowest BCUT2D eigenvalue weighted by Gasteiger charge is -2.44. The zero-order valence-corrected chi connectivity index (χ0v) is 17.6. The highest BCUT2D eigenvalue weighted by Gasteiger charge is 2.39. The maximum atomic E-state index is 12.6. The van der Waals surface area contributed by atoms with Gasteiger partial charge < -0.3 is 10.1 Å². The number of nitrogens with zero attached hydrogens (tertiary/aromatic N) is 2. The van der Waals surface area contributed by atoms with E-state index in [-0.39, 0.29) is 54.9 Å². The molecule has 1 N–H and O–H groups in total. The number of halogens is 4. The van der Waals surface area contributed by atoms with Gasteiger partial charge in [-0.25, -0.2) is 0 Å². The van der Waals surface area contributed by atoms with E-state index in [0.29, 0.717) is 38.2 Å². The van der Waals surface area contributed by atoms with E-state index in [1.165, 1.54) is 11.0 Å². The largest absolute Gasteiger partial charge is 0.484 e. The van der Waals surface area contributed by atoms with Gasteiger partial charge in [-0.15, -0.1) is 12.4 Å². The average molecular weight is 450 g/mol. The Balaban J connectivity index is 0.00000320. The summed E-state index contributed by atoms with van der Waals surface area (Å²) in [4.78, 5) is 28.3. The van der Waals surface area contributed by atoms with Gasteiger partial charge in [-0.05, 0) is 12.5 Å². The summed E-state index contributed by atoms with van der Waals surface area (Å²) in [7, 11) is 0. The minimum absolute atomic E-state index is 0. The van der Waals surface area contributed by atoms with E-state index in [2.05, 4.69) is 10.2 Å². The SMILES string of the molecule is CCCN1C(=O)CC(N2CCNCC2c2ccccc2OCC(F)(F)F)CC1=O.Cl. The van der Waals surface area contributed by atoms with Gasteiger partial charge in [0.15, 0.2) is 6.61 Å². The van der Waals surface area contributed by atoms with Crippen molar-refractivity contribution in [1.82, 2.24) is 15.1 Å². The van der Waals surface area contributed by atoms with Crippen LogP contribution in [0.1, 0.15) is 37.8 Å². The van der Waals surface area contributed by atoms with Crippen molar-refractivity contribution in [2.45, 2.75) is 44.4 Å². The Morgan fingerprint density at radius 2 is 1.83 bits per heavy atom. The zero-order chi connectivity index (χ0) is 21.0. The number of benzene rings is 1. The lowest BCUT2D eigenvalue weighted by Crippen LogP contribution is -2.56. The summed E-state index contributed by atoms with van der Waals surface area (Å²) in [5, 5.41) is 3.25. The van der Waals surface area contributed by atoms with Gasteiger partial charge in [0, 0.05) is 50.6 Å². The maximum absolute atomic E-state index is 12.6. The number of para-hydroxylation sites is 1. The fraction of sp³-hybridized carbons (Fsp3) is 0.600. The maximum Gasteiger partial charge on any atom is 0.422 e. The van der Waals surface area contributed by atoms with E-state index in [1.54, 1.807) is 18.2 Å². The normalized spacial score (nSPS) is 21.5. The smallest absolute Gasteiger partial charge is 0.422 e. The van der Waals surface area contributed by atoms with Gasteiger partial charge in [-0.1, -0.05) is 25.1 Å². The molecule has 3 rings (SSSR count). The van der Waals surface area contributed by atoms with Gasteiger partial charge in [0.05, 0.1) is 6.04 Å². The minimum atomic E-state index is -4.43.